The van der Waals surface area contributed by atoms with Gasteiger partial charge in [-0.25, -0.2) is 9.67 Å². The zero-order valence-corrected chi connectivity index (χ0v) is 9.76. The zero-order chi connectivity index (χ0) is 11.4. The van der Waals surface area contributed by atoms with Crippen LogP contribution in [-0.4, -0.2) is 36.3 Å². The van der Waals surface area contributed by atoms with Crippen LogP contribution in [0.2, 0.25) is 0 Å². The first-order valence-electron chi connectivity index (χ1n) is 4.86. The monoisotopic (exact) mass is 239 g/mol. The molecule has 0 saturated carbocycles. The van der Waals surface area contributed by atoms with Gasteiger partial charge in [0.15, 0.2) is 0 Å². The van der Waals surface area contributed by atoms with E-state index >= 15 is 0 Å². The van der Waals surface area contributed by atoms with E-state index in [0.717, 1.165) is 16.7 Å². The van der Waals surface area contributed by atoms with Crippen molar-refractivity contribution < 1.29 is 0 Å². The van der Waals surface area contributed by atoms with Crippen LogP contribution in [0, 0.1) is 0 Å². The van der Waals surface area contributed by atoms with E-state index in [1.807, 2.05) is 17.8 Å². The number of hydrogen-bond acceptors (Lipinski definition) is 6. The van der Waals surface area contributed by atoms with Crippen molar-refractivity contribution >= 4 is 11.8 Å². The molecular formula is C8H13N7S. The minimum absolute atomic E-state index is 0.529. The highest BCUT2D eigenvalue weighted by atomic mass is 32.2. The molecule has 86 valence electrons. The highest BCUT2D eigenvalue weighted by molar-refractivity contribution is 7.98. The maximum atomic E-state index is 5.46. The molecule has 16 heavy (non-hydrogen) atoms. The fourth-order valence-electron chi connectivity index (χ4n) is 1.23. The molecule has 0 saturated heterocycles. The van der Waals surface area contributed by atoms with Crippen molar-refractivity contribution in [2.75, 3.05) is 6.54 Å². The Bertz CT molecular complexity index is 449. The van der Waals surface area contributed by atoms with E-state index in [9.17, 15) is 0 Å². The summed E-state index contributed by atoms with van der Waals surface area (Å²) in [7, 11) is 1.96. The van der Waals surface area contributed by atoms with E-state index in [4.69, 9.17) is 5.73 Å². The topological polar surface area (TPSA) is 87.4 Å². The van der Waals surface area contributed by atoms with Gasteiger partial charge in [0.05, 0.1) is 12.3 Å². The molecule has 2 aromatic rings. The smallest absolute Gasteiger partial charge is 0.209 e. The fourth-order valence-corrected chi connectivity index (χ4v) is 2.13. The summed E-state index contributed by atoms with van der Waals surface area (Å²) in [4.78, 5) is 4.23. The van der Waals surface area contributed by atoms with Gasteiger partial charge in [0.25, 0.3) is 0 Å². The number of aryl methyl sites for hydroxylation is 1. The Morgan fingerprint density at radius 2 is 2.38 bits per heavy atom. The molecular weight excluding hydrogens is 226 g/mol. The summed E-state index contributed by atoms with van der Waals surface area (Å²) < 4.78 is 3.68. The van der Waals surface area contributed by atoms with E-state index < -0.39 is 0 Å². The number of nitrogens with zero attached hydrogens (tertiary/aromatic N) is 6. The maximum Gasteiger partial charge on any atom is 0.209 e. The van der Waals surface area contributed by atoms with Crippen LogP contribution < -0.4 is 5.73 Å². The fraction of sp³-hybridized carbons (Fsp3) is 0.500. The molecule has 0 aliphatic heterocycles. The number of aromatic nitrogens is 6. The Kier molecular flexibility index (Phi) is 3.52. The SMILES string of the molecule is Cn1ccnc1CSc1nnnn1CCN. The van der Waals surface area contributed by atoms with Crippen molar-refractivity contribution in [3.05, 3.63) is 18.2 Å². The van der Waals surface area contributed by atoms with Gasteiger partial charge in [-0.2, -0.15) is 0 Å². The average Bonchev–Trinajstić information content (AvgIpc) is 2.86. The van der Waals surface area contributed by atoms with E-state index in [1.165, 1.54) is 0 Å². The molecule has 0 bridgehead atoms. The third-order valence-corrected chi connectivity index (χ3v) is 3.04. The van der Waals surface area contributed by atoms with Crippen LogP contribution in [0.1, 0.15) is 5.82 Å². The van der Waals surface area contributed by atoms with Crippen LogP contribution in [0.15, 0.2) is 17.6 Å². The molecule has 0 spiro atoms. The molecule has 0 amide bonds. The number of imidazole rings is 1. The lowest BCUT2D eigenvalue weighted by Crippen LogP contribution is -2.12. The number of tetrazole rings is 1. The van der Waals surface area contributed by atoms with Gasteiger partial charge in [-0.1, -0.05) is 11.8 Å². The highest BCUT2D eigenvalue weighted by Gasteiger charge is 2.07. The lowest BCUT2D eigenvalue weighted by molar-refractivity contribution is 0.556. The number of nitrogens with two attached hydrogens (primary N) is 1. The molecule has 2 heterocycles. The van der Waals surface area contributed by atoms with Gasteiger partial charge in [0.2, 0.25) is 5.16 Å². The minimum Gasteiger partial charge on any atom is -0.337 e. The van der Waals surface area contributed by atoms with Gasteiger partial charge in [-0.05, 0) is 10.4 Å². The van der Waals surface area contributed by atoms with Gasteiger partial charge >= 0.3 is 0 Å². The molecule has 2 rings (SSSR count). The van der Waals surface area contributed by atoms with Gasteiger partial charge in [0, 0.05) is 26.0 Å². The summed E-state index contributed by atoms with van der Waals surface area (Å²) >= 11 is 1.55. The summed E-state index contributed by atoms with van der Waals surface area (Å²) in [6.45, 7) is 1.16. The van der Waals surface area contributed by atoms with Crippen molar-refractivity contribution in [3.8, 4) is 0 Å². The molecule has 7 nitrogen and oxygen atoms in total. The molecule has 0 aliphatic carbocycles. The van der Waals surface area contributed by atoms with E-state index in [1.54, 1.807) is 22.6 Å². The molecule has 0 radical (unpaired) electrons. The third kappa shape index (κ3) is 2.39. The first-order valence-corrected chi connectivity index (χ1v) is 5.85. The summed E-state index contributed by atoms with van der Waals surface area (Å²) in [5, 5.41) is 12.2. The molecule has 0 aromatic carbocycles. The lowest BCUT2D eigenvalue weighted by Gasteiger charge is -2.02. The normalized spacial score (nSPS) is 10.9. The molecule has 8 heteroatoms. The summed E-state index contributed by atoms with van der Waals surface area (Å²) in [6.07, 6.45) is 3.69. The van der Waals surface area contributed by atoms with Gasteiger partial charge in [-0.15, -0.1) is 5.10 Å². The number of hydrogen-bond donors (Lipinski definition) is 1. The van der Waals surface area contributed by atoms with E-state index in [0.29, 0.717) is 13.1 Å². The van der Waals surface area contributed by atoms with Crippen LogP contribution in [-0.2, 0) is 19.3 Å². The molecule has 0 unspecified atom stereocenters. The van der Waals surface area contributed by atoms with Crippen molar-refractivity contribution in [1.29, 1.82) is 0 Å². The highest BCUT2D eigenvalue weighted by Crippen LogP contribution is 2.18. The van der Waals surface area contributed by atoms with Crippen LogP contribution >= 0.6 is 11.8 Å². The quantitative estimate of drug-likeness (QED) is 0.718. The Labute approximate surface area is 97.0 Å². The summed E-state index contributed by atoms with van der Waals surface area (Å²) in [5.41, 5.74) is 5.46. The Morgan fingerprint density at radius 3 is 3.06 bits per heavy atom. The Morgan fingerprint density at radius 1 is 1.50 bits per heavy atom. The second-order valence-corrected chi connectivity index (χ2v) is 4.16. The van der Waals surface area contributed by atoms with Crippen molar-refractivity contribution in [2.24, 2.45) is 12.8 Å². The van der Waals surface area contributed by atoms with Gasteiger partial charge in [-0.3, -0.25) is 0 Å². The van der Waals surface area contributed by atoms with Crippen LogP contribution in [0.5, 0.6) is 0 Å². The first-order chi connectivity index (χ1) is 7.81. The molecule has 0 atom stereocenters. The van der Waals surface area contributed by atoms with Crippen molar-refractivity contribution in [2.45, 2.75) is 17.5 Å². The predicted molar refractivity (Wildman–Crippen MR) is 59.6 cm³/mol. The van der Waals surface area contributed by atoms with Crippen LogP contribution in [0.25, 0.3) is 0 Å². The van der Waals surface area contributed by atoms with Gasteiger partial charge < -0.3 is 10.3 Å². The standard InChI is InChI=1S/C8H13N7S/c1-14-5-3-10-7(14)6-16-8-11-12-13-15(8)4-2-9/h3,5H,2,4,6,9H2,1H3. The second kappa shape index (κ2) is 5.08. The van der Waals surface area contributed by atoms with Crippen molar-refractivity contribution in [3.63, 3.8) is 0 Å². The Balaban J connectivity index is 1.99. The van der Waals surface area contributed by atoms with Crippen molar-refractivity contribution in [1.82, 2.24) is 29.8 Å². The average molecular weight is 239 g/mol. The Hall–Kier alpha value is -1.41. The molecule has 2 aromatic heterocycles. The van der Waals surface area contributed by atoms with Crippen LogP contribution in [0.4, 0.5) is 0 Å². The number of rotatable bonds is 5. The predicted octanol–water partition coefficient (Wildman–Crippen LogP) is -0.342. The maximum absolute atomic E-state index is 5.46. The van der Waals surface area contributed by atoms with E-state index in [2.05, 4.69) is 20.5 Å². The summed E-state index contributed by atoms with van der Waals surface area (Å²) in [6, 6.07) is 0. The van der Waals surface area contributed by atoms with Gasteiger partial charge in [0.1, 0.15) is 5.82 Å². The largest absolute Gasteiger partial charge is 0.337 e. The van der Waals surface area contributed by atoms with E-state index in [-0.39, 0.29) is 0 Å². The van der Waals surface area contributed by atoms with Crippen LogP contribution in [0.3, 0.4) is 0 Å². The minimum atomic E-state index is 0.529. The summed E-state index contributed by atoms with van der Waals surface area (Å²) in [5.74, 6) is 1.74. The zero-order valence-electron chi connectivity index (χ0n) is 8.94. The first kappa shape index (κ1) is 11.1. The number of thioether (sulfide) groups is 1. The second-order valence-electron chi connectivity index (χ2n) is 3.22. The molecule has 0 fully saturated rings. The molecule has 2 N–H and O–H groups in total. The molecule has 0 aliphatic rings. The lowest BCUT2D eigenvalue weighted by atomic mass is 10.7. The third-order valence-electron chi connectivity index (χ3n) is 2.09.